The topological polar surface area (TPSA) is 90.4 Å². The molecule has 0 unspecified atom stereocenters. The molecule has 2 aromatic carbocycles. The van der Waals surface area contributed by atoms with Crippen LogP contribution in [0, 0.1) is 19.8 Å². The highest BCUT2D eigenvalue weighted by atomic mass is 32.1. The Morgan fingerprint density at radius 1 is 0.958 bits per heavy atom. The van der Waals surface area contributed by atoms with E-state index in [1.54, 1.807) is 18.4 Å². The van der Waals surface area contributed by atoms with Gasteiger partial charge in [0.1, 0.15) is 23.6 Å². The molecule has 1 aromatic heterocycles. The average Bonchev–Trinajstić information content (AvgIpc) is 3.39. The third-order valence-electron chi connectivity index (χ3n) is 8.87. The van der Waals surface area contributed by atoms with Crippen LogP contribution in [0.1, 0.15) is 75.8 Å². The molecule has 0 bridgehead atoms. The fraction of sp³-hybridized carbons (Fsp3) is 0.553. The zero-order valence-corrected chi connectivity index (χ0v) is 30.8. The summed E-state index contributed by atoms with van der Waals surface area (Å²) in [6.07, 6.45) is 1.69. The molecular weight excluding hydrogens is 627 g/mol. The summed E-state index contributed by atoms with van der Waals surface area (Å²) < 4.78 is 23.6. The highest BCUT2D eigenvalue weighted by molar-refractivity contribution is 7.14. The van der Waals surface area contributed by atoms with E-state index in [0.29, 0.717) is 39.2 Å². The number of fused-ring (bicyclic) bond motifs is 1. The van der Waals surface area contributed by atoms with Gasteiger partial charge < -0.3 is 28.7 Å². The molecule has 0 saturated carbocycles. The average molecular weight is 678 g/mol. The van der Waals surface area contributed by atoms with Crippen molar-refractivity contribution < 1.29 is 28.5 Å². The normalized spacial score (nSPS) is 18.6. The predicted molar refractivity (Wildman–Crippen MR) is 190 cm³/mol. The number of rotatable bonds is 7. The van der Waals surface area contributed by atoms with E-state index in [4.69, 9.17) is 23.9 Å². The number of carbonyl (C=O) groups excluding carboxylic acids is 2. The Morgan fingerprint density at radius 3 is 2.40 bits per heavy atom. The summed E-state index contributed by atoms with van der Waals surface area (Å²) in [4.78, 5) is 34.7. The number of nitrogens with zero attached hydrogens (tertiary/aromatic N) is 3. The smallest absolute Gasteiger partial charge is 0.410 e. The van der Waals surface area contributed by atoms with Gasteiger partial charge in [-0.15, -0.1) is 11.3 Å². The van der Waals surface area contributed by atoms with Crippen LogP contribution in [0.25, 0.3) is 11.3 Å². The van der Waals surface area contributed by atoms with E-state index in [9.17, 15) is 9.59 Å². The van der Waals surface area contributed by atoms with E-state index in [1.165, 1.54) is 16.7 Å². The first-order valence-corrected chi connectivity index (χ1v) is 17.8. The van der Waals surface area contributed by atoms with E-state index < -0.39 is 11.2 Å². The zero-order valence-electron chi connectivity index (χ0n) is 30.0. The summed E-state index contributed by atoms with van der Waals surface area (Å²) in [7, 11) is 1.65. The van der Waals surface area contributed by atoms with Gasteiger partial charge in [-0.25, -0.2) is 9.78 Å². The Kier molecular flexibility index (Phi) is 10.7. The summed E-state index contributed by atoms with van der Waals surface area (Å²) in [6.45, 7) is 18.6. The molecule has 2 aliphatic heterocycles. The highest BCUT2D eigenvalue weighted by Crippen LogP contribution is 2.37. The van der Waals surface area contributed by atoms with Gasteiger partial charge in [-0.1, -0.05) is 23.8 Å². The van der Waals surface area contributed by atoms with E-state index in [2.05, 4.69) is 48.4 Å². The van der Waals surface area contributed by atoms with Crippen LogP contribution in [0.2, 0.25) is 0 Å². The van der Waals surface area contributed by atoms with Gasteiger partial charge in [0.25, 0.3) is 0 Å². The van der Waals surface area contributed by atoms with E-state index >= 15 is 0 Å². The minimum Gasteiger partial charge on any atom is -0.488 e. The monoisotopic (exact) mass is 677 g/mol. The molecule has 9 nitrogen and oxygen atoms in total. The highest BCUT2D eigenvalue weighted by Gasteiger charge is 2.38. The molecule has 260 valence electrons. The molecule has 0 spiro atoms. The van der Waals surface area contributed by atoms with E-state index in [0.717, 1.165) is 46.1 Å². The first kappa shape index (κ1) is 35.7. The van der Waals surface area contributed by atoms with Crippen molar-refractivity contribution in [1.29, 1.82) is 0 Å². The van der Waals surface area contributed by atoms with Crippen molar-refractivity contribution in [1.82, 2.24) is 9.88 Å². The molecule has 2 aliphatic rings. The quantitative estimate of drug-likeness (QED) is 0.237. The third-order valence-corrected chi connectivity index (χ3v) is 9.77. The summed E-state index contributed by atoms with van der Waals surface area (Å²) in [6, 6.07) is 10.5. The molecule has 10 heteroatoms. The van der Waals surface area contributed by atoms with Gasteiger partial charge in [0.2, 0.25) is 0 Å². The third kappa shape index (κ3) is 8.69. The van der Waals surface area contributed by atoms with Crippen molar-refractivity contribution in [3.63, 3.8) is 0 Å². The molecule has 3 aromatic rings. The fourth-order valence-electron chi connectivity index (χ4n) is 6.36. The molecule has 0 aliphatic carbocycles. The van der Waals surface area contributed by atoms with E-state index in [1.807, 2.05) is 52.5 Å². The number of hydrogen-bond donors (Lipinski definition) is 0. The fourth-order valence-corrected chi connectivity index (χ4v) is 7.22. The molecule has 0 radical (unpaired) electrons. The van der Waals surface area contributed by atoms with Crippen LogP contribution in [0.5, 0.6) is 5.75 Å². The maximum absolute atomic E-state index is 12.9. The molecule has 2 atom stereocenters. The van der Waals surface area contributed by atoms with Crippen LogP contribution >= 0.6 is 11.3 Å². The van der Waals surface area contributed by atoms with Crippen molar-refractivity contribution in [3.8, 4) is 17.0 Å². The number of hydrogen-bond acceptors (Lipinski definition) is 9. The van der Waals surface area contributed by atoms with Gasteiger partial charge in [-0.05, 0) is 109 Å². The lowest BCUT2D eigenvalue weighted by Gasteiger charge is -2.37. The van der Waals surface area contributed by atoms with Crippen molar-refractivity contribution >= 4 is 28.5 Å². The van der Waals surface area contributed by atoms with Crippen LogP contribution < -0.4 is 9.64 Å². The maximum Gasteiger partial charge on any atom is 0.410 e. The van der Waals surface area contributed by atoms with Gasteiger partial charge in [0, 0.05) is 44.2 Å². The zero-order chi connectivity index (χ0) is 34.8. The van der Waals surface area contributed by atoms with Gasteiger partial charge >= 0.3 is 12.1 Å². The molecule has 1 fully saturated rings. The Labute approximate surface area is 289 Å². The lowest BCUT2D eigenvalue weighted by atomic mass is 9.93. The second kappa shape index (κ2) is 14.5. The van der Waals surface area contributed by atoms with Gasteiger partial charge in [0.05, 0.1) is 17.7 Å². The van der Waals surface area contributed by atoms with Crippen LogP contribution in [0.4, 0.5) is 9.93 Å². The summed E-state index contributed by atoms with van der Waals surface area (Å²) in [5.41, 5.74) is 6.79. The number of methoxy groups -OCH3 is 1. The van der Waals surface area contributed by atoms with Crippen LogP contribution in [0.3, 0.4) is 0 Å². The Bertz CT molecular complexity index is 1620. The first-order valence-electron chi connectivity index (χ1n) is 16.9. The largest absolute Gasteiger partial charge is 0.488 e. The molecule has 1 amide bonds. The minimum absolute atomic E-state index is 0.206. The van der Waals surface area contributed by atoms with Crippen LogP contribution in [0.15, 0.2) is 35.7 Å². The molecular formula is C38H51N3O6S. The second-order valence-electron chi connectivity index (χ2n) is 14.9. The molecule has 48 heavy (non-hydrogen) atoms. The van der Waals surface area contributed by atoms with Crippen molar-refractivity contribution in [3.05, 3.63) is 63.5 Å². The number of benzene rings is 2. The van der Waals surface area contributed by atoms with Gasteiger partial charge in [-0.3, -0.25) is 4.79 Å². The molecule has 1 saturated heterocycles. The van der Waals surface area contributed by atoms with Crippen LogP contribution in [-0.2, 0) is 38.5 Å². The van der Waals surface area contributed by atoms with Gasteiger partial charge in [-0.2, -0.15) is 0 Å². The Morgan fingerprint density at radius 2 is 1.69 bits per heavy atom. The molecule has 0 N–H and O–H groups in total. The van der Waals surface area contributed by atoms with Gasteiger partial charge in [0.15, 0.2) is 5.13 Å². The summed E-state index contributed by atoms with van der Waals surface area (Å²) >= 11 is 1.59. The number of piperidine rings is 1. The number of anilines is 1. The standard InChI is InChI=1S/C38H51N3O6S/c1-24-10-13-32(45-22-27-12-11-26-14-17-40(18-15-28(26)25(27)2)36(43)47-38(6,7)8)30(20-24)31-23-48-35(39-31)41-19-16-29(33(21-41)44-9)34(42)46-37(3,4)5/h10-13,20,23,29,33H,14-19,21-22H2,1-9H3/t29-,33+/m1/s1. The van der Waals surface area contributed by atoms with Crippen LogP contribution in [-0.4, -0.2) is 72.5 Å². The summed E-state index contributed by atoms with van der Waals surface area (Å²) in [5, 5.41) is 2.96. The number of thiazole rings is 1. The number of amides is 1. The minimum atomic E-state index is -0.534. The Balaban J connectivity index is 1.27. The molecule has 5 rings (SSSR count). The maximum atomic E-state index is 12.9. The lowest BCUT2D eigenvalue weighted by Crippen LogP contribution is -2.49. The van der Waals surface area contributed by atoms with Crippen molar-refractivity contribution in [2.24, 2.45) is 5.92 Å². The molecule has 3 heterocycles. The summed E-state index contributed by atoms with van der Waals surface area (Å²) in [5.74, 6) is 0.270. The number of carbonyl (C=O) groups is 2. The number of aromatic nitrogens is 1. The SMILES string of the molecule is CO[C@H]1CN(c2nc(-c3cc(C)ccc3OCc3ccc4c(c3C)CCN(C(=O)OC(C)(C)C)CC4)cs2)CC[C@H]1C(=O)OC(C)(C)C. The number of aryl methyl sites for hydroxylation is 1. The lowest BCUT2D eigenvalue weighted by molar-refractivity contribution is -0.165. The van der Waals surface area contributed by atoms with E-state index in [-0.39, 0.29) is 24.1 Å². The first-order chi connectivity index (χ1) is 22.6. The van der Waals surface area contributed by atoms with Crippen molar-refractivity contribution in [2.75, 3.05) is 38.2 Å². The second-order valence-corrected chi connectivity index (χ2v) is 15.7. The number of ether oxygens (including phenoxy) is 4. The Hall–Kier alpha value is -3.63. The number of esters is 1. The van der Waals surface area contributed by atoms with Crippen molar-refractivity contribution in [2.45, 2.75) is 98.6 Å². The predicted octanol–water partition coefficient (Wildman–Crippen LogP) is 7.52.